The van der Waals surface area contributed by atoms with E-state index >= 15 is 0 Å². The van der Waals surface area contributed by atoms with Crippen LogP contribution < -0.4 is 15.0 Å². The van der Waals surface area contributed by atoms with Gasteiger partial charge >= 0.3 is 0 Å². The predicted molar refractivity (Wildman–Crippen MR) is 116 cm³/mol. The van der Waals surface area contributed by atoms with Gasteiger partial charge in [0.05, 0.1) is 7.11 Å². The molecule has 150 valence electrons. The van der Waals surface area contributed by atoms with Gasteiger partial charge in [0.15, 0.2) is 0 Å². The zero-order valence-corrected chi connectivity index (χ0v) is 16.8. The number of methoxy groups -OCH3 is 1. The highest BCUT2D eigenvalue weighted by Crippen LogP contribution is 2.19. The van der Waals surface area contributed by atoms with E-state index in [1.807, 2.05) is 30.5 Å². The quantitative estimate of drug-likeness (QED) is 0.668. The minimum absolute atomic E-state index is 0.658. The van der Waals surface area contributed by atoms with Crippen molar-refractivity contribution in [2.24, 2.45) is 0 Å². The van der Waals surface area contributed by atoms with Crippen molar-refractivity contribution in [1.29, 1.82) is 0 Å². The monoisotopic (exact) mass is 389 g/mol. The smallest absolute Gasteiger partial charge is 0.227 e. The van der Waals surface area contributed by atoms with E-state index < -0.39 is 0 Å². The highest BCUT2D eigenvalue weighted by molar-refractivity contribution is 5.43. The molecule has 0 aliphatic carbocycles. The van der Waals surface area contributed by atoms with Gasteiger partial charge < -0.3 is 15.0 Å². The molecule has 3 aromatic rings. The Morgan fingerprint density at radius 3 is 2.48 bits per heavy atom. The Hall–Kier alpha value is -3.12. The third kappa shape index (κ3) is 5.03. The molecule has 6 heteroatoms. The maximum absolute atomic E-state index is 5.42. The number of ether oxygens (including phenoxy) is 1. The average Bonchev–Trinajstić information content (AvgIpc) is 2.79. The summed E-state index contributed by atoms with van der Waals surface area (Å²) in [5, 5.41) is 3.39. The molecule has 1 aromatic heterocycles. The molecule has 6 nitrogen and oxygen atoms in total. The summed E-state index contributed by atoms with van der Waals surface area (Å²) in [7, 11) is 1.69. The van der Waals surface area contributed by atoms with Crippen molar-refractivity contribution in [2.45, 2.75) is 13.1 Å². The fraction of sp³-hybridized carbons (Fsp3) is 0.304. The minimum atomic E-state index is 0.658. The van der Waals surface area contributed by atoms with Crippen LogP contribution in [0.4, 0.5) is 11.8 Å². The van der Waals surface area contributed by atoms with E-state index in [1.54, 1.807) is 7.11 Å². The number of piperazine rings is 1. The van der Waals surface area contributed by atoms with Crippen LogP contribution in [-0.2, 0) is 13.1 Å². The van der Waals surface area contributed by atoms with E-state index in [2.05, 4.69) is 56.5 Å². The Bertz CT molecular complexity index is 910. The summed E-state index contributed by atoms with van der Waals surface area (Å²) in [6.45, 7) is 5.54. The van der Waals surface area contributed by atoms with Crippen molar-refractivity contribution in [1.82, 2.24) is 14.9 Å². The van der Waals surface area contributed by atoms with Gasteiger partial charge in [0.1, 0.15) is 11.6 Å². The number of benzene rings is 2. The van der Waals surface area contributed by atoms with Crippen LogP contribution >= 0.6 is 0 Å². The lowest BCUT2D eigenvalue weighted by Gasteiger charge is -2.34. The van der Waals surface area contributed by atoms with E-state index in [0.29, 0.717) is 6.54 Å². The predicted octanol–water partition coefficient (Wildman–Crippen LogP) is 3.42. The van der Waals surface area contributed by atoms with Crippen LogP contribution in [0.15, 0.2) is 66.9 Å². The first-order valence-corrected chi connectivity index (χ1v) is 10.0. The summed E-state index contributed by atoms with van der Waals surface area (Å²) in [4.78, 5) is 14.0. The van der Waals surface area contributed by atoms with E-state index in [-0.39, 0.29) is 0 Å². The van der Waals surface area contributed by atoms with Crippen LogP contribution in [0.1, 0.15) is 11.1 Å². The Kier molecular flexibility index (Phi) is 6.22. The third-order valence-electron chi connectivity index (χ3n) is 5.20. The van der Waals surface area contributed by atoms with Gasteiger partial charge in [0.2, 0.25) is 5.95 Å². The van der Waals surface area contributed by atoms with Crippen LogP contribution in [0.25, 0.3) is 0 Å². The first-order valence-electron chi connectivity index (χ1n) is 10.0. The molecular formula is C23H27N5O. The summed E-state index contributed by atoms with van der Waals surface area (Å²) < 4.78 is 5.42. The van der Waals surface area contributed by atoms with E-state index in [0.717, 1.165) is 55.8 Å². The Morgan fingerprint density at radius 2 is 1.69 bits per heavy atom. The third-order valence-corrected chi connectivity index (χ3v) is 5.20. The van der Waals surface area contributed by atoms with Crippen molar-refractivity contribution in [2.75, 3.05) is 43.5 Å². The van der Waals surface area contributed by atoms with Gasteiger partial charge in [0.25, 0.3) is 0 Å². The molecule has 4 rings (SSSR count). The van der Waals surface area contributed by atoms with Gasteiger partial charge in [-0.05, 0) is 17.7 Å². The topological polar surface area (TPSA) is 53.5 Å². The zero-order chi connectivity index (χ0) is 19.9. The Balaban J connectivity index is 1.33. The SMILES string of the molecule is COc1ccccc1CNc1ccnc(N2CCN(Cc3ccccc3)CC2)n1. The molecule has 0 spiro atoms. The van der Waals surface area contributed by atoms with Crippen LogP contribution in [0.5, 0.6) is 5.75 Å². The number of para-hydroxylation sites is 1. The maximum Gasteiger partial charge on any atom is 0.227 e. The standard InChI is InChI=1S/C23H27N5O/c1-29-21-10-6-5-9-20(21)17-25-22-11-12-24-23(26-22)28-15-13-27(14-16-28)18-19-7-3-2-4-8-19/h2-12H,13-18H2,1H3,(H,24,25,26). The van der Waals surface area contributed by atoms with Crippen molar-refractivity contribution >= 4 is 11.8 Å². The van der Waals surface area contributed by atoms with Crippen molar-refractivity contribution in [3.63, 3.8) is 0 Å². The van der Waals surface area contributed by atoms with Gasteiger partial charge in [-0.25, -0.2) is 4.98 Å². The number of nitrogens with zero attached hydrogens (tertiary/aromatic N) is 4. The molecule has 1 fully saturated rings. The molecular weight excluding hydrogens is 362 g/mol. The lowest BCUT2D eigenvalue weighted by Crippen LogP contribution is -2.46. The van der Waals surface area contributed by atoms with Crippen LogP contribution in [0, 0.1) is 0 Å². The second-order valence-electron chi connectivity index (χ2n) is 7.16. The van der Waals surface area contributed by atoms with Gasteiger partial charge in [-0.3, -0.25) is 4.90 Å². The van der Waals surface area contributed by atoms with Crippen molar-refractivity contribution < 1.29 is 4.74 Å². The number of nitrogens with one attached hydrogen (secondary N) is 1. The average molecular weight is 390 g/mol. The fourth-order valence-electron chi connectivity index (χ4n) is 3.58. The molecule has 1 N–H and O–H groups in total. The number of hydrogen-bond donors (Lipinski definition) is 1. The minimum Gasteiger partial charge on any atom is -0.496 e. The Morgan fingerprint density at radius 1 is 0.931 bits per heavy atom. The largest absolute Gasteiger partial charge is 0.496 e. The lowest BCUT2D eigenvalue weighted by atomic mass is 10.2. The van der Waals surface area contributed by atoms with Gasteiger partial charge in [-0.1, -0.05) is 48.5 Å². The summed E-state index contributed by atoms with van der Waals surface area (Å²) in [6, 6.07) is 20.6. The van der Waals surface area contributed by atoms with Crippen molar-refractivity contribution in [3.05, 3.63) is 78.0 Å². The fourth-order valence-corrected chi connectivity index (χ4v) is 3.58. The summed E-state index contributed by atoms with van der Waals surface area (Å²) in [6.07, 6.45) is 1.82. The number of anilines is 2. The molecule has 0 atom stereocenters. The van der Waals surface area contributed by atoms with E-state index in [1.165, 1.54) is 5.56 Å². The molecule has 2 aromatic carbocycles. The Labute approximate surface area is 172 Å². The second kappa shape index (κ2) is 9.39. The van der Waals surface area contributed by atoms with Crippen molar-refractivity contribution in [3.8, 4) is 5.75 Å². The van der Waals surface area contributed by atoms with Gasteiger partial charge in [0, 0.05) is 51.0 Å². The number of aromatic nitrogens is 2. The molecule has 0 saturated carbocycles. The summed E-state index contributed by atoms with van der Waals surface area (Å²) in [5.41, 5.74) is 2.46. The van der Waals surface area contributed by atoms with Crippen LogP contribution in [-0.4, -0.2) is 48.2 Å². The molecule has 0 unspecified atom stereocenters. The molecule has 0 amide bonds. The maximum atomic E-state index is 5.42. The molecule has 2 heterocycles. The molecule has 29 heavy (non-hydrogen) atoms. The lowest BCUT2D eigenvalue weighted by molar-refractivity contribution is 0.248. The van der Waals surface area contributed by atoms with Gasteiger partial charge in [-0.15, -0.1) is 0 Å². The number of hydrogen-bond acceptors (Lipinski definition) is 6. The van der Waals surface area contributed by atoms with E-state index in [4.69, 9.17) is 9.72 Å². The van der Waals surface area contributed by atoms with E-state index in [9.17, 15) is 0 Å². The highest BCUT2D eigenvalue weighted by atomic mass is 16.5. The highest BCUT2D eigenvalue weighted by Gasteiger charge is 2.19. The number of rotatable bonds is 7. The van der Waals surface area contributed by atoms with Crippen LogP contribution in [0.3, 0.4) is 0 Å². The summed E-state index contributed by atoms with van der Waals surface area (Å²) >= 11 is 0. The second-order valence-corrected chi connectivity index (χ2v) is 7.16. The summed E-state index contributed by atoms with van der Waals surface area (Å²) in [5.74, 6) is 2.49. The van der Waals surface area contributed by atoms with Gasteiger partial charge in [-0.2, -0.15) is 4.98 Å². The molecule has 1 aliphatic rings. The molecule has 0 radical (unpaired) electrons. The van der Waals surface area contributed by atoms with Crippen LogP contribution in [0.2, 0.25) is 0 Å². The molecule has 0 bridgehead atoms. The first kappa shape index (κ1) is 19.2. The normalized spacial score (nSPS) is 14.6. The first-order chi connectivity index (χ1) is 14.3. The zero-order valence-electron chi connectivity index (χ0n) is 16.8. The molecule has 1 aliphatic heterocycles. The molecule has 1 saturated heterocycles.